The molecule has 0 saturated carbocycles. The van der Waals surface area contributed by atoms with Crippen LogP contribution in [0, 0.1) is 0 Å². The molecule has 114 valence electrons. The van der Waals surface area contributed by atoms with Crippen molar-refractivity contribution in [3.05, 3.63) is 27.2 Å². The normalized spacial score (nSPS) is 11.8. The van der Waals surface area contributed by atoms with Crippen LogP contribution in [0.25, 0.3) is 0 Å². The van der Waals surface area contributed by atoms with E-state index in [9.17, 15) is 8.42 Å². The van der Waals surface area contributed by atoms with Crippen molar-refractivity contribution in [3.63, 3.8) is 0 Å². The Morgan fingerprint density at radius 2 is 1.75 bits per heavy atom. The van der Waals surface area contributed by atoms with Crippen molar-refractivity contribution in [3.8, 4) is 0 Å². The van der Waals surface area contributed by atoms with E-state index in [1.165, 1.54) is 12.1 Å². The summed E-state index contributed by atoms with van der Waals surface area (Å²) in [6.45, 7) is 0.646. The molecule has 0 aliphatic carbocycles. The van der Waals surface area contributed by atoms with Gasteiger partial charge in [0.15, 0.2) is 0 Å². The van der Waals surface area contributed by atoms with Gasteiger partial charge in [-0.1, -0.05) is 34.8 Å². The lowest BCUT2D eigenvalue weighted by molar-refractivity contribution is 0.120. The fraction of sp³-hybridized carbons (Fsp3) is 0.455. The summed E-state index contributed by atoms with van der Waals surface area (Å²) in [5, 5.41) is 8.72. The molecule has 0 bridgehead atoms. The van der Waals surface area contributed by atoms with Crippen molar-refractivity contribution >= 4 is 44.8 Å². The quantitative estimate of drug-likeness (QED) is 0.696. The first-order valence-electron chi connectivity index (χ1n) is 5.71. The summed E-state index contributed by atoms with van der Waals surface area (Å²) in [4.78, 5) is -0.208. The molecule has 5 nitrogen and oxygen atoms in total. The summed E-state index contributed by atoms with van der Waals surface area (Å²) in [6, 6.07) is 2.61. The second kappa shape index (κ2) is 8.38. The highest BCUT2D eigenvalue weighted by Gasteiger charge is 2.21. The Balaban J connectivity index is 2.66. The topological polar surface area (TPSA) is 75.6 Å². The van der Waals surface area contributed by atoms with Gasteiger partial charge in [-0.15, -0.1) is 0 Å². The Kier molecular flexibility index (Phi) is 7.53. The first-order valence-corrected chi connectivity index (χ1v) is 8.33. The van der Waals surface area contributed by atoms with Gasteiger partial charge >= 0.3 is 0 Å². The van der Waals surface area contributed by atoms with Crippen LogP contribution < -0.4 is 4.72 Å². The summed E-state index contributed by atoms with van der Waals surface area (Å²) < 4.78 is 31.5. The molecule has 0 radical (unpaired) electrons. The molecule has 1 aromatic carbocycles. The highest BCUT2D eigenvalue weighted by Crippen LogP contribution is 2.32. The van der Waals surface area contributed by atoms with E-state index in [1.54, 1.807) is 0 Å². The van der Waals surface area contributed by atoms with Gasteiger partial charge in [-0.3, -0.25) is 0 Å². The molecule has 9 heteroatoms. The van der Waals surface area contributed by atoms with Gasteiger partial charge in [-0.05, 0) is 18.6 Å². The molecule has 0 amide bonds. The zero-order chi connectivity index (χ0) is 15.2. The van der Waals surface area contributed by atoms with Gasteiger partial charge in [0.25, 0.3) is 0 Å². The largest absolute Gasteiger partial charge is 0.396 e. The van der Waals surface area contributed by atoms with Crippen LogP contribution in [0.2, 0.25) is 15.1 Å². The number of nitrogens with one attached hydrogen (secondary N) is 1. The fourth-order valence-electron chi connectivity index (χ4n) is 1.37. The fourth-order valence-corrected chi connectivity index (χ4v) is 3.93. The van der Waals surface area contributed by atoms with Gasteiger partial charge in [-0.25, -0.2) is 13.1 Å². The molecular weight excluding hydrogens is 349 g/mol. The average molecular weight is 363 g/mol. The Morgan fingerprint density at radius 1 is 1.15 bits per heavy atom. The Morgan fingerprint density at radius 3 is 2.30 bits per heavy atom. The smallest absolute Gasteiger partial charge is 0.243 e. The number of halogens is 3. The predicted octanol–water partition coefficient (Wildman–Crippen LogP) is 2.32. The number of sulfonamides is 1. The van der Waals surface area contributed by atoms with Crippen LogP contribution in [0.5, 0.6) is 0 Å². The number of hydrogen-bond donors (Lipinski definition) is 2. The van der Waals surface area contributed by atoms with E-state index in [-0.39, 0.29) is 39.7 Å². The molecule has 1 rings (SSSR count). The molecule has 2 N–H and O–H groups in total. The van der Waals surface area contributed by atoms with E-state index in [2.05, 4.69) is 4.72 Å². The first-order chi connectivity index (χ1) is 9.38. The maximum atomic E-state index is 12.1. The summed E-state index contributed by atoms with van der Waals surface area (Å²) in [5.74, 6) is 0. The van der Waals surface area contributed by atoms with Crippen LogP contribution in [0.15, 0.2) is 17.0 Å². The van der Waals surface area contributed by atoms with Crippen molar-refractivity contribution in [1.29, 1.82) is 0 Å². The summed E-state index contributed by atoms with van der Waals surface area (Å²) in [5.41, 5.74) is 0. The van der Waals surface area contributed by atoms with Crippen LogP contribution in [-0.4, -0.2) is 39.9 Å². The number of benzene rings is 1. The number of aliphatic hydroxyl groups excluding tert-OH is 1. The minimum absolute atomic E-state index is 0.0295. The lowest BCUT2D eigenvalue weighted by Crippen LogP contribution is -2.28. The number of rotatable bonds is 8. The van der Waals surface area contributed by atoms with Crippen molar-refractivity contribution < 1.29 is 18.3 Å². The minimum Gasteiger partial charge on any atom is -0.396 e. The van der Waals surface area contributed by atoms with E-state index in [4.69, 9.17) is 44.6 Å². The standard InChI is InChI=1S/C11H14Cl3NO4S/c12-8-6-9(13)11(10(14)7-8)20(17,18)15-2-5-19-4-1-3-16/h6-7,15-16H,1-5H2. The van der Waals surface area contributed by atoms with Crippen molar-refractivity contribution in [2.75, 3.05) is 26.4 Å². The molecule has 0 unspecified atom stereocenters. The van der Waals surface area contributed by atoms with Gasteiger partial charge in [0, 0.05) is 24.8 Å². The van der Waals surface area contributed by atoms with Crippen LogP contribution in [0.4, 0.5) is 0 Å². The molecule has 1 aromatic rings. The summed E-state index contributed by atoms with van der Waals surface area (Å²) >= 11 is 17.4. The SMILES string of the molecule is O=S(=O)(NCCOCCCO)c1c(Cl)cc(Cl)cc1Cl. The highest BCUT2D eigenvalue weighted by atomic mass is 35.5. The van der Waals surface area contributed by atoms with Gasteiger partial charge in [0.2, 0.25) is 10.0 Å². The van der Waals surface area contributed by atoms with Crippen molar-refractivity contribution in [2.24, 2.45) is 0 Å². The zero-order valence-corrected chi connectivity index (χ0v) is 13.5. The molecule has 0 heterocycles. The van der Waals surface area contributed by atoms with E-state index < -0.39 is 10.0 Å². The third-order valence-corrected chi connectivity index (χ3v) is 4.82. The molecule has 0 atom stereocenters. The summed E-state index contributed by atoms with van der Waals surface area (Å²) in [7, 11) is -3.83. The number of aliphatic hydroxyl groups is 1. The molecule has 0 aromatic heterocycles. The monoisotopic (exact) mass is 361 g/mol. The lowest BCUT2D eigenvalue weighted by Gasteiger charge is -2.10. The Labute approximate surface area is 132 Å². The van der Waals surface area contributed by atoms with Crippen LogP contribution in [-0.2, 0) is 14.8 Å². The highest BCUT2D eigenvalue weighted by molar-refractivity contribution is 7.89. The molecule has 0 spiro atoms. The molecule has 0 fully saturated rings. The molecule has 0 aliphatic heterocycles. The van der Waals surface area contributed by atoms with Gasteiger partial charge in [0.1, 0.15) is 4.90 Å². The van der Waals surface area contributed by atoms with Gasteiger partial charge in [0.05, 0.1) is 16.7 Å². The Hall–Kier alpha value is -0.0800. The zero-order valence-electron chi connectivity index (χ0n) is 10.4. The average Bonchev–Trinajstić information content (AvgIpc) is 2.31. The predicted molar refractivity (Wildman–Crippen MR) is 79.2 cm³/mol. The van der Waals surface area contributed by atoms with Crippen LogP contribution in [0.1, 0.15) is 6.42 Å². The van der Waals surface area contributed by atoms with Crippen molar-refractivity contribution in [1.82, 2.24) is 4.72 Å². The van der Waals surface area contributed by atoms with E-state index in [0.29, 0.717) is 13.0 Å². The van der Waals surface area contributed by atoms with E-state index >= 15 is 0 Å². The minimum atomic E-state index is -3.83. The molecule has 20 heavy (non-hydrogen) atoms. The van der Waals surface area contributed by atoms with Gasteiger partial charge in [-0.2, -0.15) is 0 Å². The second-order valence-electron chi connectivity index (χ2n) is 3.79. The van der Waals surface area contributed by atoms with Crippen molar-refractivity contribution in [2.45, 2.75) is 11.3 Å². The first kappa shape index (κ1) is 18.0. The Bertz CT molecular complexity index is 528. The maximum absolute atomic E-state index is 12.1. The number of hydrogen-bond acceptors (Lipinski definition) is 4. The third-order valence-electron chi connectivity index (χ3n) is 2.22. The maximum Gasteiger partial charge on any atom is 0.243 e. The van der Waals surface area contributed by atoms with E-state index in [0.717, 1.165) is 0 Å². The number of ether oxygens (including phenoxy) is 1. The van der Waals surface area contributed by atoms with Crippen LogP contribution >= 0.6 is 34.8 Å². The molecule has 0 saturated heterocycles. The third kappa shape index (κ3) is 5.37. The van der Waals surface area contributed by atoms with Gasteiger partial charge < -0.3 is 9.84 Å². The molecular formula is C11H14Cl3NO4S. The summed E-state index contributed by atoms with van der Waals surface area (Å²) in [6.07, 6.45) is 0.502. The van der Waals surface area contributed by atoms with Crippen LogP contribution in [0.3, 0.4) is 0 Å². The van der Waals surface area contributed by atoms with E-state index in [1.807, 2.05) is 0 Å². The second-order valence-corrected chi connectivity index (χ2v) is 6.74. The lowest BCUT2D eigenvalue weighted by atomic mass is 10.4. The molecule has 0 aliphatic rings.